The van der Waals surface area contributed by atoms with Gasteiger partial charge in [-0.2, -0.15) is 13.2 Å². The van der Waals surface area contributed by atoms with Gasteiger partial charge < -0.3 is 5.32 Å². The van der Waals surface area contributed by atoms with Gasteiger partial charge in [0.2, 0.25) is 6.41 Å². The van der Waals surface area contributed by atoms with Crippen molar-refractivity contribution in [2.45, 2.75) is 33.5 Å². The predicted molar refractivity (Wildman–Crippen MR) is 117 cm³/mol. The topological polar surface area (TPSA) is 85.1 Å². The monoisotopic (exact) mass is 465 g/mol. The highest BCUT2D eigenvalue weighted by Crippen LogP contribution is 2.30. The van der Waals surface area contributed by atoms with E-state index >= 15 is 0 Å². The highest BCUT2D eigenvalue weighted by atomic mass is 19.4. The summed E-state index contributed by atoms with van der Waals surface area (Å²) in [6, 6.07) is 11.6. The molecule has 0 fully saturated rings. The van der Waals surface area contributed by atoms with Crippen molar-refractivity contribution in [3.8, 4) is 11.3 Å². The quantitative estimate of drug-likeness (QED) is 0.214. The summed E-state index contributed by atoms with van der Waals surface area (Å²) in [5, 5.41) is 13.1. The van der Waals surface area contributed by atoms with Crippen molar-refractivity contribution < 1.29 is 27.3 Å². The molecule has 3 rings (SSSR count). The van der Waals surface area contributed by atoms with E-state index in [0.717, 1.165) is 35.9 Å². The van der Waals surface area contributed by atoms with Crippen LogP contribution in [0.15, 0.2) is 60.8 Å². The van der Waals surface area contributed by atoms with Crippen LogP contribution in [0.5, 0.6) is 0 Å². The van der Waals surface area contributed by atoms with E-state index < -0.39 is 22.5 Å². The Balaban J connectivity index is 0.000000313. The second-order valence-corrected chi connectivity index (χ2v) is 6.33. The molecule has 0 saturated heterocycles. The molecule has 0 aliphatic carbocycles. The van der Waals surface area contributed by atoms with Crippen molar-refractivity contribution in [1.29, 1.82) is 0 Å². The molecule has 0 radical (unpaired) electrons. The maximum absolute atomic E-state index is 13.1. The van der Waals surface area contributed by atoms with Crippen molar-refractivity contribution in [2.24, 2.45) is 0 Å². The van der Waals surface area contributed by atoms with Crippen LogP contribution in [0, 0.1) is 22.9 Å². The molecular formula is C23H23F4N3O3. The van der Waals surface area contributed by atoms with E-state index in [9.17, 15) is 32.5 Å². The van der Waals surface area contributed by atoms with Crippen LogP contribution >= 0.6 is 0 Å². The normalized spacial score (nSPS) is 10.2. The van der Waals surface area contributed by atoms with Gasteiger partial charge in [-0.25, -0.2) is 4.39 Å². The average Bonchev–Trinajstić information content (AvgIpc) is 2.79. The molecular weight excluding hydrogens is 442 g/mol. The Labute approximate surface area is 188 Å². The number of carbonyl (C=O) groups excluding carboxylic acids is 1. The molecule has 176 valence electrons. The van der Waals surface area contributed by atoms with Gasteiger partial charge in [-0.05, 0) is 54.4 Å². The lowest BCUT2D eigenvalue weighted by Crippen LogP contribution is -2.11. The van der Waals surface area contributed by atoms with Gasteiger partial charge in [0, 0.05) is 18.8 Å². The van der Waals surface area contributed by atoms with Crippen LogP contribution in [0.4, 0.5) is 23.2 Å². The van der Waals surface area contributed by atoms with Gasteiger partial charge in [-0.3, -0.25) is 19.9 Å². The molecule has 0 aliphatic heterocycles. The van der Waals surface area contributed by atoms with Crippen molar-refractivity contribution in [1.82, 2.24) is 10.3 Å². The fourth-order valence-corrected chi connectivity index (χ4v) is 2.57. The van der Waals surface area contributed by atoms with Crippen LogP contribution in [-0.2, 0) is 17.5 Å². The minimum absolute atomic E-state index is 0.105. The molecule has 1 heterocycles. The third kappa shape index (κ3) is 8.68. The number of nitrogens with zero attached hydrogens (tertiary/aromatic N) is 2. The highest BCUT2D eigenvalue weighted by Gasteiger charge is 2.30. The van der Waals surface area contributed by atoms with Gasteiger partial charge in [0.15, 0.2) is 0 Å². The zero-order valence-electron chi connectivity index (χ0n) is 18.2. The molecule has 2 aromatic carbocycles. The summed E-state index contributed by atoms with van der Waals surface area (Å²) in [5.41, 5.74) is 1.07. The van der Waals surface area contributed by atoms with E-state index in [-0.39, 0.29) is 17.8 Å². The van der Waals surface area contributed by atoms with E-state index in [1.165, 1.54) is 12.1 Å². The zero-order valence-corrected chi connectivity index (χ0v) is 18.2. The second kappa shape index (κ2) is 12.9. The number of aromatic nitrogens is 1. The summed E-state index contributed by atoms with van der Waals surface area (Å²) in [5.74, 6) is -0.520. The molecule has 33 heavy (non-hydrogen) atoms. The fraction of sp³-hybridized carbons (Fsp3) is 0.217. The number of aryl methyl sites for hydroxylation is 1. The molecule has 0 saturated carbocycles. The lowest BCUT2D eigenvalue weighted by Gasteiger charge is -2.07. The summed E-state index contributed by atoms with van der Waals surface area (Å²) >= 11 is 0. The third-order valence-electron chi connectivity index (χ3n) is 3.99. The first kappa shape index (κ1) is 27.2. The summed E-state index contributed by atoms with van der Waals surface area (Å²) < 4.78 is 49.7. The first-order valence-electron chi connectivity index (χ1n) is 9.82. The lowest BCUT2D eigenvalue weighted by atomic mass is 10.1. The van der Waals surface area contributed by atoms with Crippen LogP contribution < -0.4 is 5.32 Å². The van der Waals surface area contributed by atoms with Gasteiger partial charge >= 0.3 is 6.18 Å². The fourth-order valence-electron chi connectivity index (χ4n) is 2.57. The van der Waals surface area contributed by atoms with Crippen molar-refractivity contribution in [3.05, 3.63) is 93.4 Å². The zero-order chi connectivity index (χ0) is 25.0. The number of alkyl halides is 3. The first-order chi connectivity index (χ1) is 15.6. The van der Waals surface area contributed by atoms with Crippen LogP contribution in [0.25, 0.3) is 11.3 Å². The first-order valence-corrected chi connectivity index (χ1v) is 9.82. The molecule has 0 spiro atoms. The average molecular weight is 465 g/mol. The van der Waals surface area contributed by atoms with Crippen LogP contribution in [-0.4, -0.2) is 16.3 Å². The number of rotatable bonds is 5. The number of carbonyl (C=O) groups is 1. The van der Waals surface area contributed by atoms with E-state index in [1.807, 2.05) is 20.8 Å². The molecule has 6 nitrogen and oxygen atoms in total. The number of nitrogens with one attached hydrogen (secondary N) is 1. The molecule has 1 N–H and O–H groups in total. The Bertz CT molecular complexity index is 1070. The summed E-state index contributed by atoms with van der Waals surface area (Å²) in [6.45, 7) is 5.95. The molecule has 10 heteroatoms. The Morgan fingerprint density at radius 3 is 2.36 bits per heavy atom. The van der Waals surface area contributed by atoms with Gasteiger partial charge in [-0.1, -0.05) is 26.0 Å². The molecule has 0 atom stereocenters. The molecule has 0 aliphatic rings. The van der Waals surface area contributed by atoms with Crippen molar-refractivity contribution >= 4 is 12.1 Å². The second-order valence-electron chi connectivity index (χ2n) is 6.33. The van der Waals surface area contributed by atoms with E-state index in [0.29, 0.717) is 17.7 Å². The minimum Gasteiger partial charge on any atom is -0.355 e. The smallest absolute Gasteiger partial charge is 0.355 e. The van der Waals surface area contributed by atoms with Crippen LogP contribution in [0.1, 0.15) is 30.5 Å². The molecule has 0 unspecified atom stereocenters. The molecule has 1 aromatic heterocycles. The van der Waals surface area contributed by atoms with E-state index in [2.05, 4.69) is 10.3 Å². The molecule has 0 bridgehead atoms. The summed E-state index contributed by atoms with van der Waals surface area (Å²) in [4.78, 5) is 24.3. The largest absolute Gasteiger partial charge is 0.416 e. The Morgan fingerprint density at radius 1 is 1.09 bits per heavy atom. The van der Waals surface area contributed by atoms with Gasteiger partial charge in [0.05, 0.1) is 21.7 Å². The predicted octanol–water partition coefficient (Wildman–Crippen LogP) is 6.08. The Morgan fingerprint density at radius 2 is 1.79 bits per heavy atom. The summed E-state index contributed by atoms with van der Waals surface area (Å²) in [6.07, 6.45) is -2.35. The molecule has 1 amide bonds. The van der Waals surface area contributed by atoms with E-state index in [4.69, 9.17) is 0 Å². The van der Waals surface area contributed by atoms with E-state index in [1.54, 1.807) is 18.3 Å². The SMILES string of the molecule is CC.Cc1ccnc(-c2cc(F)ccc2[N+](=O)[O-])c1.O=CNCc1cccc(C(F)(F)F)c1. The Kier molecular flexibility index (Phi) is 10.6. The maximum atomic E-state index is 13.1. The molecule has 3 aromatic rings. The van der Waals surface area contributed by atoms with Gasteiger partial charge in [0.1, 0.15) is 5.82 Å². The minimum atomic E-state index is -4.34. The number of nitro benzene ring substituents is 1. The van der Waals surface area contributed by atoms with Crippen molar-refractivity contribution in [2.75, 3.05) is 0 Å². The number of benzene rings is 2. The number of pyridine rings is 1. The van der Waals surface area contributed by atoms with Crippen molar-refractivity contribution in [3.63, 3.8) is 0 Å². The summed E-state index contributed by atoms with van der Waals surface area (Å²) in [7, 11) is 0. The Hall–Kier alpha value is -3.82. The number of hydrogen-bond acceptors (Lipinski definition) is 4. The highest BCUT2D eigenvalue weighted by molar-refractivity contribution is 5.70. The third-order valence-corrected chi connectivity index (χ3v) is 3.99. The number of nitro groups is 1. The maximum Gasteiger partial charge on any atom is 0.416 e. The number of halogens is 4. The lowest BCUT2D eigenvalue weighted by molar-refractivity contribution is -0.384. The number of hydrogen-bond donors (Lipinski definition) is 1. The van der Waals surface area contributed by atoms with Gasteiger partial charge in [0.25, 0.3) is 5.69 Å². The van der Waals surface area contributed by atoms with Crippen LogP contribution in [0.2, 0.25) is 0 Å². The standard InChI is InChI=1S/C12H9FN2O2.C9H8F3NO.C2H6/c1-8-4-5-14-11(6-8)10-7-9(13)2-3-12(10)15(16)17;10-9(11,12)8-3-1-2-7(4-8)5-13-6-14;1-2/h2-7H,1H3;1-4,6H,5H2,(H,13,14);1-2H3. The van der Waals surface area contributed by atoms with Crippen LogP contribution in [0.3, 0.4) is 0 Å². The number of amides is 1. The van der Waals surface area contributed by atoms with Gasteiger partial charge in [-0.15, -0.1) is 0 Å².